The van der Waals surface area contributed by atoms with Crippen LogP contribution in [0.3, 0.4) is 0 Å². The molecule has 0 amide bonds. The molecule has 0 bridgehead atoms. The van der Waals surface area contributed by atoms with Crippen molar-refractivity contribution in [2.75, 3.05) is 0 Å². The molecule has 2 aromatic carbocycles. The van der Waals surface area contributed by atoms with Gasteiger partial charge in [-0.15, -0.1) is 5.11 Å². The number of hydrogen-bond donors (Lipinski definition) is 2. The third kappa shape index (κ3) is 7.38. The van der Waals surface area contributed by atoms with E-state index in [1.807, 2.05) is 0 Å². The Morgan fingerprint density at radius 1 is 0.879 bits per heavy atom. The first-order chi connectivity index (χ1) is 14.5. The first-order valence-corrected chi connectivity index (χ1v) is 11.0. The standard InChI is InChI=1S/C16H14N4O9S2.2Na/c21-16-15(18-17-10-1-5-12(6-2-10)30(23,24)25)14(9-29-22)19-20(16)11-3-7-13(8-4-11)31(26,27)28;;/h1-8,19,22H,9H2,(H,23,24,25)(H,26,27,28);;/q;2*+1/p-2. The van der Waals surface area contributed by atoms with Crippen LogP contribution in [0.1, 0.15) is 5.69 Å². The molecule has 2 N–H and O–H groups in total. The number of benzene rings is 2. The fourth-order valence-corrected chi connectivity index (χ4v) is 3.41. The molecule has 0 aliphatic rings. The maximum absolute atomic E-state index is 12.7. The van der Waals surface area contributed by atoms with Gasteiger partial charge in [-0.1, -0.05) is 0 Å². The summed E-state index contributed by atoms with van der Waals surface area (Å²) in [5.41, 5.74) is -0.721. The van der Waals surface area contributed by atoms with Gasteiger partial charge >= 0.3 is 59.1 Å². The number of H-pyrrole nitrogens is 1. The second-order valence-corrected chi connectivity index (χ2v) is 8.71. The van der Waals surface area contributed by atoms with Crippen molar-refractivity contribution in [3.63, 3.8) is 0 Å². The Hall–Kier alpha value is -1.21. The van der Waals surface area contributed by atoms with Crippen molar-refractivity contribution in [1.82, 2.24) is 9.78 Å². The summed E-state index contributed by atoms with van der Waals surface area (Å²) in [6, 6.07) is 8.88. The van der Waals surface area contributed by atoms with E-state index in [1.54, 1.807) is 0 Å². The zero-order valence-corrected chi connectivity index (χ0v) is 22.8. The largest absolute Gasteiger partial charge is 1.00 e. The summed E-state index contributed by atoms with van der Waals surface area (Å²) in [4.78, 5) is 15.8. The van der Waals surface area contributed by atoms with E-state index in [1.165, 1.54) is 24.3 Å². The number of azo groups is 1. The van der Waals surface area contributed by atoms with E-state index in [4.69, 9.17) is 5.26 Å². The predicted molar refractivity (Wildman–Crippen MR) is 100 cm³/mol. The Bertz CT molecular complexity index is 1400. The summed E-state index contributed by atoms with van der Waals surface area (Å²) in [6.07, 6.45) is 0. The first-order valence-electron chi connectivity index (χ1n) is 8.15. The molecule has 0 atom stereocenters. The van der Waals surface area contributed by atoms with Gasteiger partial charge in [-0.05, 0) is 48.5 Å². The third-order valence-electron chi connectivity index (χ3n) is 3.92. The summed E-state index contributed by atoms with van der Waals surface area (Å²) in [6.45, 7) is -0.475. The number of aromatic nitrogens is 2. The van der Waals surface area contributed by atoms with Gasteiger partial charge in [-0.3, -0.25) is 15.2 Å². The van der Waals surface area contributed by atoms with E-state index in [0.29, 0.717) is 0 Å². The number of rotatable bonds is 7. The normalized spacial score (nSPS) is 11.7. The van der Waals surface area contributed by atoms with Gasteiger partial charge in [0.15, 0.2) is 5.69 Å². The molecule has 164 valence electrons. The summed E-state index contributed by atoms with van der Waals surface area (Å²) in [5.74, 6) is 0. The van der Waals surface area contributed by atoms with Gasteiger partial charge in [-0.2, -0.15) is 5.11 Å². The molecule has 3 aromatic rings. The van der Waals surface area contributed by atoms with Crippen LogP contribution in [0.2, 0.25) is 0 Å². The molecule has 0 aliphatic heterocycles. The molecule has 0 saturated carbocycles. The van der Waals surface area contributed by atoms with E-state index in [9.17, 15) is 30.7 Å². The molecule has 0 unspecified atom stereocenters. The van der Waals surface area contributed by atoms with Gasteiger partial charge in [0.25, 0.3) is 5.56 Å². The molecule has 33 heavy (non-hydrogen) atoms. The third-order valence-corrected chi connectivity index (χ3v) is 5.62. The van der Waals surface area contributed by atoms with Crippen LogP contribution in [0.5, 0.6) is 0 Å². The average Bonchev–Trinajstić information content (AvgIpc) is 3.01. The smallest absolute Gasteiger partial charge is 0.744 e. The molecule has 0 saturated heterocycles. The van der Waals surface area contributed by atoms with Crippen molar-refractivity contribution >= 4 is 31.6 Å². The van der Waals surface area contributed by atoms with Gasteiger partial charge < -0.3 is 9.11 Å². The van der Waals surface area contributed by atoms with Crippen LogP contribution in [-0.2, 0) is 31.7 Å². The molecule has 17 heteroatoms. The minimum absolute atomic E-state index is 0. The van der Waals surface area contributed by atoms with Crippen molar-refractivity contribution < 1.29 is 95.2 Å². The molecule has 1 heterocycles. The van der Waals surface area contributed by atoms with Crippen molar-refractivity contribution in [2.24, 2.45) is 10.2 Å². The number of aromatic amines is 1. The van der Waals surface area contributed by atoms with Gasteiger partial charge in [0.05, 0.1) is 26.9 Å². The molecule has 0 aliphatic carbocycles. The Labute approximate surface area is 231 Å². The molecular weight excluding hydrogens is 502 g/mol. The van der Waals surface area contributed by atoms with E-state index in [-0.39, 0.29) is 81.9 Å². The number of nitrogens with zero attached hydrogens (tertiary/aromatic N) is 3. The molecule has 0 fully saturated rings. The monoisotopic (exact) mass is 514 g/mol. The molecule has 0 radical (unpaired) electrons. The van der Waals surface area contributed by atoms with Gasteiger partial charge in [-0.25, -0.2) is 26.4 Å². The topological polar surface area (TPSA) is 206 Å². The minimum atomic E-state index is -4.67. The van der Waals surface area contributed by atoms with Crippen LogP contribution in [0, 0.1) is 0 Å². The Balaban J connectivity index is 0.00000272. The zero-order chi connectivity index (χ0) is 22.8. The van der Waals surface area contributed by atoms with E-state index in [0.717, 1.165) is 28.9 Å². The summed E-state index contributed by atoms with van der Waals surface area (Å²) in [5, 5.41) is 18.9. The summed E-state index contributed by atoms with van der Waals surface area (Å²) in [7, 11) is -9.30. The first kappa shape index (κ1) is 29.8. The van der Waals surface area contributed by atoms with Crippen molar-refractivity contribution in [2.45, 2.75) is 16.4 Å². The van der Waals surface area contributed by atoms with Crippen molar-refractivity contribution in [3.05, 3.63) is 64.6 Å². The van der Waals surface area contributed by atoms with Crippen LogP contribution < -0.4 is 64.7 Å². The van der Waals surface area contributed by atoms with E-state index < -0.39 is 42.2 Å². The summed E-state index contributed by atoms with van der Waals surface area (Å²) >= 11 is 0. The fraction of sp³-hybridized carbons (Fsp3) is 0.0625. The molecule has 13 nitrogen and oxygen atoms in total. The zero-order valence-electron chi connectivity index (χ0n) is 17.2. The van der Waals surface area contributed by atoms with Crippen LogP contribution in [0.15, 0.2) is 73.3 Å². The number of nitrogens with one attached hydrogen (secondary N) is 1. The van der Waals surface area contributed by atoms with Crippen LogP contribution in [0.25, 0.3) is 5.69 Å². The maximum Gasteiger partial charge on any atom is 1.00 e. The van der Waals surface area contributed by atoms with E-state index >= 15 is 0 Å². The Morgan fingerprint density at radius 2 is 1.36 bits per heavy atom. The van der Waals surface area contributed by atoms with E-state index in [2.05, 4.69) is 20.2 Å². The maximum atomic E-state index is 12.7. The number of hydrogen-bond acceptors (Lipinski definition) is 11. The van der Waals surface area contributed by atoms with Crippen LogP contribution in [0.4, 0.5) is 11.4 Å². The Morgan fingerprint density at radius 3 is 1.82 bits per heavy atom. The molecular formula is C16H12N4Na2O9S2. The minimum Gasteiger partial charge on any atom is -0.744 e. The second-order valence-electron chi connectivity index (χ2n) is 5.95. The molecule has 0 spiro atoms. The fourth-order valence-electron chi connectivity index (χ4n) is 2.47. The average molecular weight is 514 g/mol. The molecule has 3 rings (SSSR count). The Kier molecular flexibility index (Phi) is 10.8. The van der Waals surface area contributed by atoms with Gasteiger partial charge in [0, 0.05) is 0 Å². The summed E-state index contributed by atoms with van der Waals surface area (Å²) < 4.78 is 66.9. The van der Waals surface area contributed by atoms with Gasteiger partial charge in [0.1, 0.15) is 26.8 Å². The van der Waals surface area contributed by atoms with Crippen molar-refractivity contribution in [1.29, 1.82) is 0 Å². The SMILES string of the molecule is O=c1c(N=Nc2ccc(S(=O)(=O)[O-])cc2)c(COO)[nH]n1-c1ccc(S(=O)(=O)[O-])cc1.[Na+].[Na+]. The second kappa shape index (κ2) is 12.0. The quantitative estimate of drug-likeness (QED) is 0.102. The van der Waals surface area contributed by atoms with Crippen LogP contribution >= 0.6 is 0 Å². The predicted octanol–water partition coefficient (Wildman–Crippen LogP) is -4.61. The van der Waals surface area contributed by atoms with Crippen molar-refractivity contribution in [3.8, 4) is 5.69 Å². The van der Waals surface area contributed by atoms with Crippen LogP contribution in [-0.4, -0.2) is 41.0 Å². The van der Waals surface area contributed by atoms with Gasteiger partial charge in [0.2, 0.25) is 0 Å². The molecule has 1 aromatic heterocycles.